The lowest BCUT2D eigenvalue weighted by Crippen LogP contribution is -2.49. The molecule has 4 nitrogen and oxygen atoms in total. The van der Waals surface area contributed by atoms with Crippen LogP contribution in [0.2, 0.25) is 10.0 Å². The smallest absolute Gasteiger partial charge is 0.309 e. The number of anilines is 1. The molecule has 0 bridgehead atoms. The first-order valence-electron chi connectivity index (χ1n) is 8.63. The summed E-state index contributed by atoms with van der Waals surface area (Å²) in [6.45, 7) is 4.29. The minimum atomic E-state index is -0.976. The minimum Gasteiger partial charge on any atom is -0.309 e. The number of nitrogens with zero attached hydrogens (tertiary/aromatic N) is 2. The van der Waals surface area contributed by atoms with Crippen molar-refractivity contribution in [2.45, 2.75) is 32.2 Å². The van der Waals surface area contributed by atoms with E-state index in [1.54, 1.807) is 23.1 Å². The summed E-state index contributed by atoms with van der Waals surface area (Å²) in [6.07, 6.45) is 1.18. The highest BCUT2D eigenvalue weighted by molar-refractivity contribution is 9.10. The molecule has 2 aromatic carbocycles. The third-order valence-electron chi connectivity index (χ3n) is 4.70. The van der Waals surface area contributed by atoms with Crippen molar-refractivity contribution in [3.63, 3.8) is 0 Å². The zero-order valence-corrected chi connectivity index (χ0v) is 18.1. The van der Waals surface area contributed by atoms with Gasteiger partial charge in [0.25, 0.3) is 5.91 Å². The highest BCUT2D eigenvalue weighted by Crippen LogP contribution is 2.37. The van der Waals surface area contributed by atoms with E-state index in [2.05, 4.69) is 15.9 Å². The Morgan fingerprint density at radius 2 is 1.63 bits per heavy atom. The van der Waals surface area contributed by atoms with Crippen molar-refractivity contribution in [3.05, 3.63) is 62.5 Å². The molecule has 27 heavy (non-hydrogen) atoms. The standard InChI is InChI=1S/C20H19BrCl2N2O2/c1-3-8-24-19(27)25(17-10-15(22)9-16(23)11-17)18(26)20(24,2)12-13-4-6-14(21)7-5-13/h4-7,9-11H,3,8,12H2,1-2H3/t20-/m1/s1. The number of amides is 3. The monoisotopic (exact) mass is 468 g/mol. The summed E-state index contributed by atoms with van der Waals surface area (Å²) < 4.78 is 0.964. The number of halogens is 3. The van der Waals surface area contributed by atoms with Gasteiger partial charge >= 0.3 is 6.03 Å². The average Bonchev–Trinajstić information content (AvgIpc) is 2.77. The molecule has 1 aliphatic heterocycles. The van der Waals surface area contributed by atoms with E-state index in [0.717, 1.165) is 16.5 Å². The summed E-state index contributed by atoms with van der Waals surface area (Å²) in [4.78, 5) is 29.3. The van der Waals surface area contributed by atoms with Crippen LogP contribution in [-0.4, -0.2) is 28.9 Å². The number of hydrogen-bond acceptors (Lipinski definition) is 2. The van der Waals surface area contributed by atoms with Crippen LogP contribution in [0.1, 0.15) is 25.8 Å². The van der Waals surface area contributed by atoms with Crippen molar-refractivity contribution in [2.24, 2.45) is 0 Å². The number of benzene rings is 2. The number of carbonyl (C=O) groups excluding carboxylic acids is 2. The van der Waals surface area contributed by atoms with Crippen LogP contribution in [0.15, 0.2) is 46.9 Å². The molecule has 0 spiro atoms. The molecule has 0 radical (unpaired) electrons. The van der Waals surface area contributed by atoms with Crippen LogP contribution in [0.4, 0.5) is 10.5 Å². The van der Waals surface area contributed by atoms with Gasteiger partial charge in [0.15, 0.2) is 0 Å². The van der Waals surface area contributed by atoms with Gasteiger partial charge in [-0.25, -0.2) is 9.69 Å². The lowest BCUT2D eigenvalue weighted by Gasteiger charge is -2.31. The first kappa shape index (κ1) is 20.2. The van der Waals surface area contributed by atoms with Crippen LogP contribution in [0.25, 0.3) is 0 Å². The summed E-state index contributed by atoms with van der Waals surface area (Å²) in [5.41, 5.74) is 0.396. The second kappa shape index (κ2) is 7.82. The van der Waals surface area contributed by atoms with Gasteiger partial charge in [-0.05, 0) is 49.2 Å². The largest absolute Gasteiger partial charge is 0.332 e. The van der Waals surface area contributed by atoms with E-state index in [-0.39, 0.29) is 11.9 Å². The Kier molecular flexibility index (Phi) is 5.84. The van der Waals surface area contributed by atoms with Gasteiger partial charge in [0.1, 0.15) is 5.54 Å². The third-order valence-corrected chi connectivity index (χ3v) is 5.66. The van der Waals surface area contributed by atoms with Crippen LogP contribution in [0.5, 0.6) is 0 Å². The maximum Gasteiger partial charge on any atom is 0.332 e. The van der Waals surface area contributed by atoms with Gasteiger partial charge in [0.05, 0.1) is 5.69 Å². The summed E-state index contributed by atoms with van der Waals surface area (Å²) in [7, 11) is 0. The second-order valence-corrected chi connectivity index (χ2v) is 8.57. The van der Waals surface area contributed by atoms with E-state index >= 15 is 0 Å². The maximum atomic E-state index is 13.4. The molecular formula is C20H19BrCl2N2O2. The molecule has 3 rings (SSSR count). The predicted molar refractivity (Wildman–Crippen MR) is 113 cm³/mol. The third kappa shape index (κ3) is 3.86. The molecule has 7 heteroatoms. The number of rotatable bonds is 5. The highest BCUT2D eigenvalue weighted by Gasteiger charge is 2.54. The Morgan fingerprint density at radius 1 is 1.04 bits per heavy atom. The predicted octanol–water partition coefficient (Wildman–Crippen LogP) is 5.94. The second-order valence-electron chi connectivity index (χ2n) is 6.78. The van der Waals surface area contributed by atoms with E-state index in [9.17, 15) is 9.59 Å². The first-order valence-corrected chi connectivity index (χ1v) is 10.2. The topological polar surface area (TPSA) is 40.6 Å². The molecule has 1 atom stereocenters. The van der Waals surface area contributed by atoms with Crippen molar-refractivity contribution < 1.29 is 9.59 Å². The Hall–Kier alpha value is -1.56. The van der Waals surface area contributed by atoms with Crippen molar-refractivity contribution in [3.8, 4) is 0 Å². The zero-order chi connectivity index (χ0) is 19.8. The molecule has 1 heterocycles. The Labute approximate surface area is 177 Å². The summed E-state index contributed by atoms with van der Waals surface area (Å²) >= 11 is 15.6. The Bertz CT molecular complexity index is 868. The van der Waals surface area contributed by atoms with Gasteiger partial charge in [0, 0.05) is 27.5 Å². The van der Waals surface area contributed by atoms with Gasteiger partial charge in [-0.2, -0.15) is 0 Å². The Balaban J connectivity index is 2.02. The number of hydrogen-bond donors (Lipinski definition) is 0. The van der Waals surface area contributed by atoms with Crippen molar-refractivity contribution in [2.75, 3.05) is 11.4 Å². The van der Waals surface area contributed by atoms with Gasteiger partial charge < -0.3 is 4.90 Å². The molecule has 1 fully saturated rings. The van der Waals surface area contributed by atoms with Gasteiger partial charge in [-0.15, -0.1) is 0 Å². The molecule has 1 saturated heterocycles. The fourth-order valence-corrected chi connectivity index (χ4v) is 4.19. The summed E-state index contributed by atoms with van der Waals surface area (Å²) in [5, 5.41) is 0.753. The van der Waals surface area contributed by atoms with E-state index < -0.39 is 5.54 Å². The number of imide groups is 1. The molecule has 0 N–H and O–H groups in total. The molecule has 142 valence electrons. The van der Waals surface area contributed by atoms with Crippen LogP contribution >= 0.6 is 39.1 Å². The van der Waals surface area contributed by atoms with Crippen LogP contribution in [0.3, 0.4) is 0 Å². The molecule has 1 aliphatic rings. The van der Waals surface area contributed by atoms with Crippen molar-refractivity contribution in [1.29, 1.82) is 0 Å². The Morgan fingerprint density at radius 3 is 2.19 bits per heavy atom. The van der Waals surface area contributed by atoms with Gasteiger partial charge in [0.2, 0.25) is 0 Å². The SMILES string of the molecule is CCCN1C(=O)N(c2cc(Cl)cc(Cl)c2)C(=O)[C@@]1(C)Cc1ccc(Br)cc1. The number of urea groups is 1. The molecule has 0 unspecified atom stereocenters. The summed E-state index contributed by atoms with van der Waals surface area (Å²) in [6, 6.07) is 12.2. The average molecular weight is 470 g/mol. The lowest BCUT2D eigenvalue weighted by molar-refractivity contribution is -0.124. The van der Waals surface area contributed by atoms with E-state index in [1.807, 2.05) is 38.1 Å². The zero-order valence-electron chi connectivity index (χ0n) is 15.0. The molecule has 2 aromatic rings. The van der Waals surface area contributed by atoms with Crippen molar-refractivity contribution in [1.82, 2.24) is 4.90 Å². The molecule has 0 saturated carbocycles. The van der Waals surface area contributed by atoms with E-state index in [4.69, 9.17) is 23.2 Å². The van der Waals surface area contributed by atoms with Gasteiger partial charge in [-0.1, -0.05) is 58.2 Å². The number of carbonyl (C=O) groups is 2. The van der Waals surface area contributed by atoms with Crippen LogP contribution in [0, 0.1) is 0 Å². The molecule has 0 aliphatic carbocycles. The first-order chi connectivity index (χ1) is 12.8. The normalized spacial score (nSPS) is 19.9. The molecule has 3 amide bonds. The van der Waals surface area contributed by atoms with Crippen LogP contribution in [-0.2, 0) is 11.2 Å². The fraction of sp³-hybridized carbons (Fsp3) is 0.300. The lowest BCUT2D eigenvalue weighted by atomic mass is 9.91. The highest BCUT2D eigenvalue weighted by atomic mass is 79.9. The quantitative estimate of drug-likeness (QED) is 0.508. The van der Waals surface area contributed by atoms with E-state index in [1.165, 1.54) is 4.90 Å². The van der Waals surface area contributed by atoms with E-state index in [0.29, 0.717) is 28.7 Å². The van der Waals surface area contributed by atoms with Crippen LogP contribution < -0.4 is 4.90 Å². The molecular weight excluding hydrogens is 451 g/mol. The minimum absolute atomic E-state index is 0.276. The fourth-order valence-electron chi connectivity index (χ4n) is 3.41. The summed E-state index contributed by atoms with van der Waals surface area (Å²) in [5.74, 6) is -0.276. The maximum absolute atomic E-state index is 13.4. The molecule has 0 aromatic heterocycles. The van der Waals surface area contributed by atoms with Gasteiger partial charge in [-0.3, -0.25) is 4.79 Å². The van der Waals surface area contributed by atoms with Crippen molar-refractivity contribution >= 4 is 56.8 Å².